The Morgan fingerprint density at radius 1 is 1.54 bits per heavy atom. The highest BCUT2D eigenvalue weighted by molar-refractivity contribution is 7.51. The second kappa shape index (κ2) is 5.65. The van der Waals surface area contributed by atoms with Gasteiger partial charge in [-0.2, -0.15) is 0 Å². The van der Waals surface area contributed by atoms with Crippen LogP contribution in [0, 0.1) is 12.3 Å². The number of terminal acetylenes is 1. The van der Waals surface area contributed by atoms with Crippen LogP contribution in [0.1, 0.15) is 12.5 Å². The van der Waals surface area contributed by atoms with Crippen molar-refractivity contribution < 1.29 is 23.5 Å². The summed E-state index contributed by atoms with van der Waals surface area (Å²) in [5, 5.41) is 0. The minimum absolute atomic E-state index is 0.0648. The minimum Gasteiger partial charge on any atom is -0.382 e. The molecule has 11 heteroatoms. The third kappa shape index (κ3) is 2.79. The summed E-state index contributed by atoms with van der Waals surface area (Å²) < 4.78 is 32.0. The molecular weight excluding hydrogens is 340 g/mol. The molecule has 0 unspecified atom stereocenters. The Morgan fingerprint density at radius 3 is 2.96 bits per heavy atom. The first-order valence-corrected chi connectivity index (χ1v) is 8.52. The molecule has 1 aliphatic carbocycles. The van der Waals surface area contributed by atoms with Gasteiger partial charge in [-0.3, -0.25) is 4.57 Å². The van der Waals surface area contributed by atoms with Crippen LogP contribution >= 0.6 is 7.60 Å². The third-order valence-corrected chi connectivity index (χ3v) is 4.14. The van der Waals surface area contributed by atoms with Gasteiger partial charge in [0, 0.05) is 6.42 Å². The molecule has 0 fully saturated rings. The van der Waals surface area contributed by atoms with Gasteiger partial charge >= 0.3 is 7.60 Å². The number of nitrogen functional groups attached to an aromatic ring is 1. The van der Waals surface area contributed by atoms with Crippen LogP contribution in [0.5, 0.6) is 0 Å². The molecular formula is C13H13FN5O4P. The summed E-state index contributed by atoms with van der Waals surface area (Å²) in [5.41, 5.74) is 4.61. The largest absolute Gasteiger partial charge is 0.382 e. The number of allylic oxidation sites excluding steroid dienone is 1. The van der Waals surface area contributed by atoms with Crippen molar-refractivity contribution in [2.24, 2.45) is 0 Å². The van der Waals surface area contributed by atoms with E-state index < -0.39 is 31.4 Å². The van der Waals surface area contributed by atoms with Crippen LogP contribution in [0.3, 0.4) is 0 Å². The average Bonchev–Trinajstić information content (AvgIpc) is 3.07. The molecule has 2 aromatic heterocycles. The lowest BCUT2D eigenvalue weighted by molar-refractivity contribution is 0.0285. The lowest BCUT2D eigenvalue weighted by Crippen LogP contribution is -2.30. The molecule has 0 saturated heterocycles. The van der Waals surface area contributed by atoms with E-state index in [1.54, 1.807) is 4.57 Å². The van der Waals surface area contributed by atoms with Gasteiger partial charge in [-0.25, -0.2) is 19.3 Å². The molecule has 4 N–H and O–H groups in total. The van der Waals surface area contributed by atoms with Gasteiger partial charge < -0.3 is 24.8 Å². The van der Waals surface area contributed by atoms with E-state index in [0.717, 1.165) is 0 Å². The number of nitrogens with two attached hydrogens (primary N) is 1. The molecule has 2 atom stereocenters. The van der Waals surface area contributed by atoms with E-state index in [4.69, 9.17) is 26.7 Å². The molecule has 0 bridgehead atoms. The predicted molar refractivity (Wildman–Crippen MR) is 82.1 cm³/mol. The zero-order valence-electron chi connectivity index (χ0n) is 12.2. The standard InChI is InChI=1S/C13H13FN5O4P/c1-2-13(23-7-24(20,21)22)4-8(3-9(13)14)19-6-18-10-11(15)16-5-17-12(10)19/h1,3,5-6,8H,4,7H2,(H2,15,16,17)(H2,20,21,22)/t8-,13-/m0/s1. The van der Waals surface area contributed by atoms with Crippen LogP contribution in [-0.2, 0) is 9.30 Å². The van der Waals surface area contributed by atoms with Crippen molar-refractivity contribution in [3.63, 3.8) is 0 Å². The quantitative estimate of drug-likeness (QED) is 0.540. The van der Waals surface area contributed by atoms with Crippen molar-refractivity contribution in [2.75, 3.05) is 12.1 Å². The van der Waals surface area contributed by atoms with Crippen LogP contribution in [0.25, 0.3) is 11.2 Å². The summed E-state index contributed by atoms with van der Waals surface area (Å²) in [6, 6.07) is -0.600. The van der Waals surface area contributed by atoms with E-state index in [2.05, 4.69) is 20.9 Å². The van der Waals surface area contributed by atoms with Gasteiger partial charge in [0.05, 0.1) is 12.4 Å². The highest BCUT2D eigenvalue weighted by Crippen LogP contribution is 2.44. The number of ether oxygens (including phenoxy) is 1. The zero-order chi connectivity index (χ0) is 17.5. The Balaban J connectivity index is 1.94. The van der Waals surface area contributed by atoms with Crippen LogP contribution in [0.4, 0.5) is 10.2 Å². The van der Waals surface area contributed by atoms with E-state index in [1.165, 1.54) is 18.7 Å². The van der Waals surface area contributed by atoms with Crippen LogP contribution in [-0.4, -0.2) is 41.3 Å². The average molecular weight is 353 g/mol. The molecule has 24 heavy (non-hydrogen) atoms. The molecule has 2 heterocycles. The summed E-state index contributed by atoms with van der Waals surface area (Å²) in [4.78, 5) is 29.8. The number of halogens is 1. The second-order valence-electron chi connectivity index (χ2n) is 5.28. The van der Waals surface area contributed by atoms with Crippen molar-refractivity contribution in [3.8, 4) is 12.3 Å². The van der Waals surface area contributed by atoms with E-state index in [-0.39, 0.29) is 12.2 Å². The maximum atomic E-state index is 14.4. The van der Waals surface area contributed by atoms with Crippen molar-refractivity contribution >= 4 is 24.6 Å². The number of hydrogen-bond donors (Lipinski definition) is 3. The van der Waals surface area contributed by atoms with Gasteiger partial charge in [-0.15, -0.1) is 6.42 Å². The molecule has 0 aliphatic heterocycles. The van der Waals surface area contributed by atoms with E-state index in [0.29, 0.717) is 11.2 Å². The molecule has 0 aromatic carbocycles. The maximum Gasteiger partial charge on any atom is 0.351 e. The summed E-state index contributed by atoms with van der Waals surface area (Å²) in [6.07, 6.45) is 8.19. The second-order valence-corrected chi connectivity index (χ2v) is 6.87. The fourth-order valence-electron chi connectivity index (χ4n) is 2.54. The molecule has 3 rings (SSSR count). The topological polar surface area (TPSA) is 136 Å². The first kappa shape index (κ1) is 16.5. The molecule has 126 valence electrons. The van der Waals surface area contributed by atoms with Crippen molar-refractivity contribution in [2.45, 2.75) is 18.1 Å². The Morgan fingerprint density at radius 2 is 2.29 bits per heavy atom. The highest BCUT2D eigenvalue weighted by atomic mass is 31.2. The molecule has 1 aliphatic rings. The fraction of sp³-hybridized carbons (Fsp3) is 0.308. The number of anilines is 1. The van der Waals surface area contributed by atoms with Crippen molar-refractivity contribution in [3.05, 3.63) is 24.6 Å². The molecule has 9 nitrogen and oxygen atoms in total. The fourth-order valence-corrected chi connectivity index (χ4v) is 2.93. The number of fused-ring (bicyclic) bond motifs is 1. The first-order chi connectivity index (χ1) is 11.3. The van der Waals surface area contributed by atoms with Gasteiger partial charge in [-0.05, 0) is 6.08 Å². The molecule has 2 aromatic rings. The summed E-state index contributed by atoms with van der Waals surface area (Å²) >= 11 is 0. The number of hydrogen-bond acceptors (Lipinski definition) is 6. The van der Waals surface area contributed by atoms with Crippen molar-refractivity contribution in [1.29, 1.82) is 0 Å². The normalized spacial score (nSPS) is 24.1. The van der Waals surface area contributed by atoms with Crippen LogP contribution in [0.15, 0.2) is 24.6 Å². The van der Waals surface area contributed by atoms with Gasteiger partial charge in [-0.1, -0.05) is 5.92 Å². The summed E-state index contributed by atoms with van der Waals surface area (Å²) in [5.74, 6) is 1.53. The van der Waals surface area contributed by atoms with Gasteiger partial charge in [0.15, 0.2) is 23.4 Å². The lowest BCUT2D eigenvalue weighted by Gasteiger charge is -2.24. The number of rotatable bonds is 4. The maximum absolute atomic E-state index is 14.4. The minimum atomic E-state index is -4.49. The Kier molecular flexibility index (Phi) is 3.89. The summed E-state index contributed by atoms with van der Waals surface area (Å²) in [6.45, 7) is 0. The van der Waals surface area contributed by atoms with E-state index in [9.17, 15) is 8.96 Å². The lowest BCUT2D eigenvalue weighted by atomic mass is 10.0. The Bertz CT molecular complexity index is 917. The molecule has 0 radical (unpaired) electrons. The smallest absolute Gasteiger partial charge is 0.351 e. The summed E-state index contributed by atoms with van der Waals surface area (Å²) in [7, 11) is -4.49. The highest BCUT2D eigenvalue weighted by Gasteiger charge is 2.44. The van der Waals surface area contributed by atoms with Crippen LogP contribution < -0.4 is 5.73 Å². The first-order valence-electron chi connectivity index (χ1n) is 6.73. The van der Waals surface area contributed by atoms with Gasteiger partial charge in [0.25, 0.3) is 0 Å². The van der Waals surface area contributed by atoms with E-state index >= 15 is 0 Å². The SMILES string of the molecule is C#C[C@]1(OCP(=O)(O)O)C[C@@H](n2cnc3c(N)ncnc32)C=C1F. The Hall–Kier alpha value is -2.31. The molecule has 0 amide bonds. The van der Waals surface area contributed by atoms with Crippen molar-refractivity contribution in [1.82, 2.24) is 19.5 Å². The van der Waals surface area contributed by atoms with Crippen LogP contribution in [0.2, 0.25) is 0 Å². The number of imidazole rings is 1. The molecule has 0 spiro atoms. The Labute approximate surface area is 135 Å². The third-order valence-electron chi connectivity index (χ3n) is 3.68. The zero-order valence-corrected chi connectivity index (χ0v) is 13.1. The predicted octanol–water partition coefficient (Wildman–Crippen LogP) is 0.730. The van der Waals surface area contributed by atoms with Gasteiger partial charge in [0.2, 0.25) is 0 Å². The van der Waals surface area contributed by atoms with Gasteiger partial charge in [0.1, 0.15) is 17.7 Å². The monoisotopic (exact) mass is 353 g/mol. The number of nitrogens with zero attached hydrogens (tertiary/aromatic N) is 4. The molecule has 0 saturated carbocycles. The number of aromatic nitrogens is 4. The van der Waals surface area contributed by atoms with E-state index in [1.807, 2.05) is 0 Å².